The number of aliphatic hydroxyl groups excluding tert-OH is 1. The lowest BCUT2D eigenvalue weighted by molar-refractivity contribution is -0.385. The number of nitro groups is 1. The molecule has 0 amide bonds. The van der Waals surface area contributed by atoms with E-state index in [0.29, 0.717) is 5.69 Å². The van der Waals surface area contributed by atoms with Crippen molar-refractivity contribution in [3.8, 4) is 6.07 Å². The first kappa shape index (κ1) is 15.5. The minimum Gasteiger partial charge on any atom is -0.387 e. The fourth-order valence-corrected chi connectivity index (χ4v) is 2.10. The molecule has 6 nitrogen and oxygen atoms in total. The van der Waals surface area contributed by atoms with Gasteiger partial charge in [-0.15, -0.1) is 0 Å². The zero-order valence-electron chi connectivity index (χ0n) is 12.0. The Morgan fingerprint density at radius 3 is 2.77 bits per heavy atom. The summed E-state index contributed by atoms with van der Waals surface area (Å²) in [7, 11) is 0. The molecule has 2 rings (SSSR count). The van der Waals surface area contributed by atoms with E-state index >= 15 is 0 Å². The van der Waals surface area contributed by atoms with Crippen LogP contribution in [0, 0.1) is 28.4 Å². The van der Waals surface area contributed by atoms with Crippen molar-refractivity contribution in [3.05, 3.63) is 69.3 Å². The van der Waals surface area contributed by atoms with Gasteiger partial charge in [0.15, 0.2) is 0 Å². The van der Waals surface area contributed by atoms with Crippen LogP contribution in [-0.4, -0.2) is 16.6 Å². The number of rotatable bonds is 5. The Morgan fingerprint density at radius 2 is 2.14 bits per heavy atom. The Morgan fingerprint density at radius 1 is 1.36 bits per heavy atom. The van der Waals surface area contributed by atoms with Gasteiger partial charge in [0.05, 0.1) is 11.0 Å². The zero-order valence-corrected chi connectivity index (χ0v) is 12.0. The maximum absolute atomic E-state index is 10.8. The third-order valence-electron chi connectivity index (χ3n) is 3.24. The van der Waals surface area contributed by atoms with Crippen molar-refractivity contribution in [2.24, 2.45) is 0 Å². The standard InChI is InChI=1S/C16H15N3O3/c1-11-3-2-4-12(7-11)16(20)10-18-14-5-6-15(19(21)22)13(8-14)9-17/h2-8,16,18,20H,10H2,1H3/t16-/m1/s1. The first-order chi connectivity index (χ1) is 10.5. The van der Waals surface area contributed by atoms with Crippen molar-refractivity contribution in [3.63, 3.8) is 0 Å². The molecule has 0 heterocycles. The highest BCUT2D eigenvalue weighted by atomic mass is 16.6. The van der Waals surface area contributed by atoms with Gasteiger partial charge in [-0.1, -0.05) is 29.8 Å². The number of aryl methyl sites for hydroxylation is 1. The summed E-state index contributed by atoms with van der Waals surface area (Å²) >= 11 is 0. The van der Waals surface area contributed by atoms with Crippen LogP contribution in [0.1, 0.15) is 22.8 Å². The van der Waals surface area contributed by atoms with Gasteiger partial charge in [-0.3, -0.25) is 10.1 Å². The number of nitro benzene ring substituents is 1. The normalized spacial score (nSPS) is 11.5. The largest absolute Gasteiger partial charge is 0.387 e. The fourth-order valence-electron chi connectivity index (χ4n) is 2.10. The summed E-state index contributed by atoms with van der Waals surface area (Å²) in [5, 5.41) is 32.8. The Labute approximate surface area is 127 Å². The summed E-state index contributed by atoms with van der Waals surface area (Å²) in [5.74, 6) is 0. The second kappa shape index (κ2) is 6.70. The first-order valence-electron chi connectivity index (χ1n) is 6.68. The van der Waals surface area contributed by atoms with E-state index in [0.717, 1.165) is 11.1 Å². The fraction of sp³-hybridized carbons (Fsp3) is 0.188. The van der Waals surface area contributed by atoms with Crippen molar-refractivity contribution in [1.82, 2.24) is 0 Å². The molecule has 0 aromatic heterocycles. The van der Waals surface area contributed by atoms with Crippen LogP contribution in [0.15, 0.2) is 42.5 Å². The van der Waals surface area contributed by atoms with Gasteiger partial charge in [0.1, 0.15) is 11.6 Å². The predicted octanol–water partition coefficient (Wildman–Crippen LogP) is 2.92. The summed E-state index contributed by atoms with van der Waals surface area (Å²) in [6.07, 6.45) is -0.708. The minimum absolute atomic E-state index is 0.0138. The average Bonchev–Trinajstić information content (AvgIpc) is 2.52. The Balaban J connectivity index is 2.09. The molecule has 0 spiro atoms. The molecule has 2 aromatic carbocycles. The van der Waals surface area contributed by atoms with Crippen LogP contribution < -0.4 is 5.32 Å². The zero-order chi connectivity index (χ0) is 16.1. The topological polar surface area (TPSA) is 99.2 Å². The third kappa shape index (κ3) is 3.59. The molecule has 22 heavy (non-hydrogen) atoms. The van der Waals surface area contributed by atoms with E-state index in [9.17, 15) is 15.2 Å². The number of nitrogens with one attached hydrogen (secondary N) is 1. The molecule has 0 saturated carbocycles. The van der Waals surface area contributed by atoms with Crippen LogP contribution >= 0.6 is 0 Å². The number of hydrogen-bond acceptors (Lipinski definition) is 5. The highest BCUT2D eigenvalue weighted by molar-refractivity contribution is 5.58. The van der Waals surface area contributed by atoms with Gasteiger partial charge in [-0.25, -0.2) is 0 Å². The summed E-state index contributed by atoms with van der Waals surface area (Å²) < 4.78 is 0. The molecule has 0 aliphatic heterocycles. The number of anilines is 1. The Bertz CT molecular complexity index is 738. The van der Waals surface area contributed by atoms with E-state index in [2.05, 4.69) is 5.32 Å². The molecule has 0 fully saturated rings. The second-order valence-electron chi connectivity index (χ2n) is 4.91. The molecule has 112 valence electrons. The summed E-state index contributed by atoms with van der Waals surface area (Å²) in [5.41, 5.74) is 2.15. The summed E-state index contributed by atoms with van der Waals surface area (Å²) in [6.45, 7) is 2.19. The van der Waals surface area contributed by atoms with Gasteiger partial charge >= 0.3 is 0 Å². The first-order valence-corrected chi connectivity index (χ1v) is 6.68. The van der Waals surface area contributed by atoms with E-state index in [1.165, 1.54) is 18.2 Å². The van der Waals surface area contributed by atoms with Crippen molar-refractivity contribution in [2.75, 3.05) is 11.9 Å². The molecule has 0 radical (unpaired) electrons. The summed E-state index contributed by atoms with van der Waals surface area (Å²) in [4.78, 5) is 10.2. The van der Waals surface area contributed by atoms with Gasteiger partial charge in [0, 0.05) is 18.3 Å². The van der Waals surface area contributed by atoms with Gasteiger partial charge in [0.25, 0.3) is 5.69 Å². The van der Waals surface area contributed by atoms with Crippen LogP contribution in [0.5, 0.6) is 0 Å². The molecule has 2 N–H and O–H groups in total. The van der Waals surface area contributed by atoms with Crippen LogP contribution in [0.2, 0.25) is 0 Å². The minimum atomic E-state index is -0.708. The average molecular weight is 297 g/mol. The number of nitrogens with zero attached hydrogens (tertiary/aromatic N) is 2. The van der Waals surface area contributed by atoms with Crippen molar-refractivity contribution >= 4 is 11.4 Å². The quantitative estimate of drug-likeness (QED) is 0.653. The van der Waals surface area contributed by atoms with Crippen molar-refractivity contribution in [1.29, 1.82) is 5.26 Å². The van der Waals surface area contributed by atoms with E-state index in [1.807, 2.05) is 31.2 Å². The van der Waals surface area contributed by atoms with E-state index in [1.54, 1.807) is 6.07 Å². The molecule has 0 aliphatic rings. The predicted molar refractivity (Wildman–Crippen MR) is 82.4 cm³/mol. The lowest BCUT2D eigenvalue weighted by atomic mass is 10.1. The molecule has 1 atom stereocenters. The molecule has 2 aromatic rings. The number of hydrogen-bond donors (Lipinski definition) is 2. The lowest BCUT2D eigenvalue weighted by Crippen LogP contribution is -2.12. The van der Waals surface area contributed by atoms with E-state index in [4.69, 9.17) is 5.26 Å². The molecule has 6 heteroatoms. The van der Waals surface area contributed by atoms with E-state index < -0.39 is 11.0 Å². The highest BCUT2D eigenvalue weighted by Gasteiger charge is 2.14. The molecule has 0 bridgehead atoms. The number of nitriles is 1. The maximum Gasteiger partial charge on any atom is 0.287 e. The van der Waals surface area contributed by atoms with Crippen LogP contribution in [0.3, 0.4) is 0 Å². The summed E-state index contributed by atoms with van der Waals surface area (Å²) in [6, 6.07) is 13.5. The Kier molecular flexibility index (Phi) is 4.71. The van der Waals surface area contributed by atoms with Crippen LogP contribution in [0.25, 0.3) is 0 Å². The highest BCUT2D eigenvalue weighted by Crippen LogP contribution is 2.22. The van der Waals surface area contributed by atoms with Crippen LogP contribution in [-0.2, 0) is 0 Å². The Hall–Kier alpha value is -2.91. The van der Waals surface area contributed by atoms with Crippen molar-refractivity contribution < 1.29 is 10.0 Å². The SMILES string of the molecule is Cc1cccc([C@H](O)CNc2ccc([N+](=O)[O-])c(C#N)c2)c1. The van der Waals surface area contributed by atoms with Crippen molar-refractivity contribution in [2.45, 2.75) is 13.0 Å². The van der Waals surface area contributed by atoms with Gasteiger partial charge in [-0.05, 0) is 24.6 Å². The molecule has 0 unspecified atom stereocenters. The number of aliphatic hydroxyl groups is 1. The molecular formula is C16H15N3O3. The van der Waals surface area contributed by atoms with Gasteiger partial charge in [0.2, 0.25) is 0 Å². The third-order valence-corrected chi connectivity index (χ3v) is 3.24. The number of benzene rings is 2. The smallest absolute Gasteiger partial charge is 0.287 e. The molecule has 0 saturated heterocycles. The van der Waals surface area contributed by atoms with Gasteiger partial charge in [-0.2, -0.15) is 5.26 Å². The van der Waals surface area contributed by atoms with E-state index in [-0.39, 0.29) is 17.8 Å². The maximum atomic E-state index is 10.8. The second-order valence-corrected chi connectivity index (χ2v) is 4.91. The van der Waals surface area contributed by atoms with Gasteiger partial charge < -0.3 is 10.4 Å². The lowest BCUT2D eigenvalue weighted by Gasteiger charge is -2.14. The van der Waals surface area contributed by atoms with Crippen LogP contribution in [0.4, 0.5) is 11.4 Å². The molecule has 0 aliphatic carbocycles. The molecular weight excluding hydrogens is 282 g/mol. The monoisotopic (exact) mass is 297 g/mol.